The second-order valence-corrected chi connectivity index (χ2v) is 7.90. The molecule has 0 saturated heterocycles. The monoisotopic (exact) mass is 419 g/mol. The summed E-state index contributed by atoms with van der Waals surface area (Å²) in [6, 6.07) is 19.3. The standard InChI is InChI=1S/C25H26FN3O2/c26-24-17(8-4-9-19(24)15-23(30)31)11-13-28-25(18-6-2-1-3-7-18)20-14-22-21(29-16-20)10-5-12-27-22/h1-10,12,20,25,28-29H,11,13-16H2,(H,30,31)/t20-,25-/m1/s1. The number of halogens is 1. The summed E-state index contributed by atoms with van der Waals surface area (Å²) < 4.78 is 14.7. The van der Waals surface area contributed by atoms with E-state index in [2.05, 4.69) is 33.8 Å². The Kier molecular flexibility index (Phi) is 6.57. The maximum absolute atomic E-state index is 14.7. The van der Waals surface area contributed by atoms with Gasteiger partial charge in [0.05, 0.1) is 17.8 Å². The lowest BCUT2D eigenvalue weighted by molar-refractivity contribution is -0.136. The summed E-state index contributed by atoms with van der Waals surface area (Å²) in [6.45, 7) is 1.41. The first-order valence-electron chi connectivity index (χ1n) is 10.6. The van der Waals surface area contributed by atoms with E-state index in [4.69, 9.17) is 5.11 Å². The van der Waals surface area contributed by atoms with Crippen LogP contribution >= 0.6 is 0 Å². The summed E-state index contributed by atoms with van der Waals surface area (Å²) in [5, 5.41) is 16.1. The summed E-state index contributed by atoms with van der Waals surface area (Å²) in [5.74, 6) is -1.15. The van der Waals surface area contributed by atoms with E-state index in [1.54, 1.807) is 12.1 Å². The first-order chi connectivity index (χ1) is 15.1. The molecule has 160 valence electrons. The lowest BCUT2D eigenvalue weighted by atomic mass is 9.86. The summed E-state index contributed by atoms with van der Waals surface area (Å²) in [7, 11) is 0. The Bertz CT molecular complexity index is 1040. The van der Waals surface area contributed by atoms with Crippen LogP contribution in [0.5, 0.6) is 0 Å². The minimum atomic E-state index is -1.03. The van der Waals surface area contributed by atoms with Crippen molar-refractivity contribution in [3.05, 3.63) is 95.1 Å². The normalized spacial score (nSPS) is 16.2. The molecule has 0 fully saturated rings. The summed E-state index contributed by atoms with van der Waals surface area (Å²) in [5.41, 5.74) is 4.10. The maximum atomic E-state index is 14.7. The van der Waals surface area contributed by atoms with Crippen LogP contribution in [0.2, 0.25) is 0 Å². The van der Waals surface area contributed by atoms with Crippen molar-refractivity contribution in [1.29, 1.82) is 0 Å². The number of hydrogen-bond donors (Lipinski definition) is 3. The number of benzene rings is 2. The molecular formula is C25H26FN3O2. The first kappa shape index (κ1) is 21.0. The van der Waals surface area contributed by atoms with Crippen LogP contribution in [0.3, 0.4) is 0 Å². The summed E-state index contributed by atoms with van der Waals surface area (Å²) >= 11 is 0. The number of anilines is 1. The highest BCUT2D eigenvalue weighted by Crippen LogP contribution is 2.31. The molecule has 0 aliphatic carbocycles. The molecule has 3 aromatic rings. The zero-order valence-corrected chi connectivity index (χ0v) is 17.2. The predicted molar refractivity (Wildman–Crippen MR) is 119 cm³/mol. The van der Waals surface area contributed by atoms with Crippen LogP contribution < -0.4 is 10.6 Å². The number of hydrogen-bond acceptors (Lipinski definition) is 4. The van der Waals surface area contributed by atoms with Crippen LogP contribution in [-0.4, -0.2) is 29.1 Å². The van der Waals surface area contributed by atoms with E-state index in [-0.39, 0.29) is 18.0 Å². The number of pyridine rings is 1. The van der Waals surface area contributed by atoms with Crippen LogP contribution in [0.1, 0.15) is 28.4 Å². The van der Waals surface area contributed by atoms with Crippen molar-refractivity contribution in [3.63, 3.8) is 0 Å². The molecule has 1 aliphatic heterocycles. The van der Waals surface area contributed by atoms with Gasteiger partial charge in [-0.15, -0.1) is 0 Å². The second-order valence-electron chi connectivity index (χ2n) is 7.90. The van der Waals surface area contributed by atoms with E-state index in [1.165, 1.54) is 11.6 Å². The lowest BCUT2D eigenvalue weighted by Gasteiger charge is -2.33. The average molecular weight is 420 g/mol. The quantitative estimate of drug-likeness (QED) is 0.515. The third-order valence-electron chi connectivity index (χ3n) is 5.79. The molecule has 0 bridgehead atoms. The largest absolute Gasteiger partial charge is 0.481 e. The molecule has 1 aliphatic rings. The fourth-order valence-electron chi connectivity index (χ4n) is 4.26. The highest BCUT2D eigenvalue weighted by Gasteiger charge is 2.27. The van der Waals surface area contributed by atoms with Crippen LogP contribution in [0, 0.1) is 11.7 Å². The van der Waals surface area contributed by atoms with Gasteiger partial charge in [0.1, 0.15) is 5.82 Å². The maximum Gasteiger partial charge on any atom is 0.307 e. The minimum absolute atomic E-state index is 0.0918. The van der Waals surface area contributed by atoms with Crippen molar-refractivity contribution >= 4 is 11.7 Å². The SMILES string of the molecule is O=C(O)Cc1cccc(CCN[C@H](c2ccccc2)[C@H]2CNc3cccnc3C2)c1F. The Hall–Kier alpha value is -3.25. The molecule has 0 radical (unpaired) electrons. The molecule has 4 rings (SSSR count). The van der Waals surface area contributed by atoms with Gasteiger partial charge < -0.3 is 15.7 Å². The van der Waals surface area contributed by atoms with Crippen molar-refractivity contribution in [2.24, 2.45) is 5.92 Å². The van der Waals surface area contributed by atoms with Crippen LogP contribution in [0.4, 0.5) is 10.1 Å². The smallest absolute Gasteiger partial charge is 0.307 e. The fourth-order valence-corrected chi connectivity index (χ4v) is 4.26. The highest BCUT2D eigenvalue weighted by molar-refractivity contribution is 5.70. The van der Waals surface area contributed by atoms with Crippen LogP contribution in [0.15, 0.2) is 66.9 Å². The van der Waals surface area contributed by atoms with Gasteiger partial charge in [-0.2, -0.15) is 0 Å². The van der Waals surface area contributed by atoms with Gasteiger partial charge >= 0.3 is 5.97 Å². The molecule has 0 amide bonds. The van der Waals surface area contributed by atoms with Crippen molar-refractivity contribution in [3.8, 4) is 0 Å². The molecular weight excluding hydrogens is 393 g/mol. The predicted octanol–water partition coefficient (Wildman–Crippen LogP) is 4.01. The molecule has 31 heavy (non-hydrogen) atoms. The average Bonchev–Trinajstić information content (AvgIpc) is 2.79. The van der Waals surface area contributed by atoms with E-state index >= 15 is 0 Å². The molecule has 6 heteroatoms. The highest BCUT2D eigenvalue weighted by atomic mass is 19.1. The van der Waals surface area contributed by atoms with Crippen molar-refractivity contribution in [2.45, 2.75) is 25.3 Å². The van der Waals surface area contributed by atoms with Gasteiger partial charge in [0.25, 0.3) is 0 Å². The van der Waals surface area contributed by atoms with Gasteiger partial charge in [0.15, 0.2) is 0 Å². The van der Waals surface area contributed by atoms with E-state index in [0.29, 0.717) is 24.4 Å². The zero-order chi connectivity index (χ0) is 21.6. The third kappa shape index (κ3) is 5.09. The van der Waals surface area contributed by atoms with E-state index < -0.39 is 11.8 Å². The van der Waals surface area contributed by atoms with Gasteiger partial charge in [-0.1, -0.05) is 48.5 Å². The lowest BCUT2D eigenvalue weighted by Crippen LogP contribution is -2.37. The second kappa shape index (κ2) is 9.71. The number of nitrogens with zero attached hydrogens (tertiary/aromatic N) is 1. The minimum Gasteiger partial charge on any atom is -0.481 e. The van der Waals surface area contributed by atoms with Crippen LogP contribution in [-0.2, 0) is 24.1 Å². The topological polar surface area (TPSA) is 74.2 Å². The number of aliphatic carboxylic acids is 1. The number of carboxylic acid groups (broad SMARTS) is 1. The van der Waals surface area contributed by atoms with Gasteiger partial charge in [-0.25, -0.2) is 4.39 Å². The Morgan fingerprint density at radius 1 is 1.13 bits per heavy atom. The Morgan fingerprint density at radius 3 is 2.74 bits per heavy atom. The molecule has 1 aromatic heterocycles. The third-order valence-corrected chi connectivity index (χ3v) is 5.79. The summed E-state index contributed by atoms with van der Waals surface area (Å²) in [4.78, 5) is 15.5. The van der Waals surface area contributed by atoms with E-state index in [9.17, 15) is 9.18 Å². The van der Waals surface area contributed by atoms with Gasteiger partial charge in [-0.05, 0) is 48.2 Å². The van der Waals surface area contributed by atoms with Crippen molar-refractivity contribution < 1.29 is 14.3 Å². The first-order valence-corrected chi connectivity index (χ1v) is 10.6. The Balaban J connectivity index is 1.48. The number of aromatic nitrogens is 1. The molecule has 0 spiro atoms. The molecule has 5 nitrogen and oxygen atoms in total. The molecule has 0 saturated carbocycles. The molecule has 2 heterocycles. The fraction of sp³-hybridized carbons (Fsp3) is 0.280. The van der Waals surface area contributed by atoms with Gasteiger partial charge in [-0.3, -0.25) is 9.78 Å². The molecule has 2 aromatic carbocycles. The Labute approximate surface area is 181 Å². The molecule has 0 unspecified atom stereocenters. The number of rotatable bonds is 8. The van der Waals surface area contributed by atoms with E-state index in [0.717, 1.165) is 24.3 Å². The Morgan fingerprint density at radius 2 is 1.94 bits per heavy atom. The number of carbonyl (C=O) groups is 1. The zero-order valence-electron chi connectivity index (χ0n) is 17.2. The van der Waals surface area contributed by atoms with Crippen molar-refractivity contribution in [1.82, 2.24) is 10.3 Å². The van der Waals surface area contributed by atoms with Gasteiger partial charge in [0, 0.05) is 24.7 Å². The molecule has 2 atom stereocenters. The number of nitrogens with one attached hydrogen (secondary N) is 2. The van der Waals surface area contributed by atoms with Crippen molar-refractivity contribution in [2.75, 3.05) is 18.4 Å². The number of fused-ring (bicyclic) bond motifs is 1. The summed E-state index contributed by atoms with van der Waals surface area (Å²) in [6.07, 6.45) is 2.86. The van der Waals surface area contributed by atoms with E-state index in [1.807, 2.05) is 30.5 Å². The molecule has 3 N–H and O–H groups in total. The van der Waals surface area contributed by atoms with Crippen LogP contribution in [0.25, 0.3) is 0 Å². The van der Waals surface area contributed by atoms with Gasteiger partial charge in [0.2, 0.25) is 0 Å². The number of carboxylic acids is 1.